The summed E-state index contributed by atoms with van der Waals surface area (Å²) < 4.78 is 0. The molecule has 3 aliphatic rings. The SMILES string of the molecule is CC1CCCC(CN2CCC(CC3CCC(N([O-])O)CC3)CC2)C1. The largest absolute Gasteiger partial charge is 0.762 e. The Morgan fingerprint density at radius 2 is 1.58 bits per heavy atom. The van der Waals surface area contributed by atoms with Gasteiger partial charge in [-0.05, 0) is 94.5 Å². The minimum atomic E-state index is -0.138. The minimum absolute atomic E-state index is 0.138. The Kier molecular flexibility index (Phi) is 6.97. The smallest absolute Gasteiger partial charge is 0.0217 e. The van der Waals surface area contributed by atoms with E-state index in [1.807, 2.05) is 0 Å². The molecule has 2 unspecified atom stereocenters. The van der Waals surface area contributed by atoms with Gasteiger partial charge in [0.2, 0.25) is 0 Å². The fraction of sp³-hybridized carbons (Fsp3) is 1.00. The highest BCUT2D eigenvalue weighted by atomic mass is 16.8. The van der Waals surface area contributed by atoms with Crippen LogP contribution in [-0.2, 0) is 0 Å². The number of rotatable bonds is 5. The van der Waals surface area contributed by atoms with Crippen LogP contribution >= 0.6 is 0 Å². The zero-order valence-corrected chi connectivity index (χ0v) is 15.5. The van der Waals surface area contributed by atoms with Crippen LogP contribution in [-0.4, -0.2) is 41.0 Å². The zero-order chi connectivity index (χ0) is 16.9. The van der Waals surface area contributed by atoms with Gasteiger partial charge in [0.15, 0.2) is 0 Å². The molecule has 1 saturated heterocycles. The summed E-state index contributed by atoms with van der Waals surface area (Å²) in [5.41, 5.74) is 0. The van der Waals surface area contributed by atoms with Crippen LogP contribution in [0.25, 0.3) is 0 Å². The standard InChI is InChI=1S/C20H37N2O2/c1-16-3-2-4-19(13-16)15-21-11-9-18(10-12-21)14-17-5-7-20(8-6-17)22(23)24/h16-20,23H,2-15H2,1H3/q-1. The number of hydrogen-bond acceptors (Lipinski definition) is 4. The highest BCUT2D eigenvalue weighted by Gasteiger charge is 2.28. The number of nitrogens with zero attached hydrogens (tertiary/aromatic N) is 2. The van der Waals surface area contributed by atoms with Gasteiger partial charge in [0.1, 0.15) is 0 Å². The van der Waals surface area contributed by atoms with Crippen LogP contribution in [0.2, 0.25) is 0 Å². The third kappa shape index (κ3) is 5.42. The first-order valence-electron chi connectivity index (χ1n) is 10.5. The van der Waals surface area contributed by atoms with E-state index in [-0.39, 0.29) is 11.3 Å². The van der Waals surface area contributed by atoms with Crippen molar-refractivity contribution in [1.82, 2.24) is 10.1 Å². The maximum Gasteiger partial charge on any atom is 0.0217 e. The monoisotopic (exact) mass is 337 g/mol. The summed E-state index contributed by atoms with van der Waals surface area (Å²) in [6, 6.07) is -0.138. The van der Waals surface area contributed by atoms with Gasteiger partial charge in [0, 0.05) is 12.6 Å². The fourth-order valence-corrected chi connectivity index (χ4v) is 5.57. The van der Waals surface area contributed by atoms with Gasteiger partial charge < -0.3 is 15.3 Å². The van der Waals surface area contributed by atoms with Crippen molar-refractivity contribution in [2.45, 2.75) is 83.6 Å². The Hall–Kier alpha value is -0.160. The summed E-state index contributed by atoms with van der Waals surface area (Å²) in [5.74, 6) is 3.58. The van der Waals surface area contributed by atoms with E-state index in [1.54, 1.807) is 0 Å². The van der Waals surface area contributed by atoms with Crippen LogP contribution in [0.5, 0.6) is 0 Å². The predicted molar refractivity (Wildman–Crippen MR) is 97.6 cm³/mol. The Morgan fingerprint density at radius 1 is 0.917 bits per heavy atom. The van der Waals surface area contributed by atoms with Gasteiger partial charge in [-0.25, -0.2) is 0 Å². The summed E-state index contributed by atoms with van der Waals surface area (Å²) in [7, 11) is 0. The van der Waals surface area contributed by atoms with Crippen LogP contribution in [0.1, 0.15) is 77.6 Å². The quantitative estimate of drug-likeness (QED) is 0.741. The first-order chi connectivity index (χ1) is 11.6. The molecule has 0 radical (unpaired) electrons. The maximum absolute atomic E-state index is 11.0. The molecule has 140 valence electrons. The summed E-state index contributed by atoms with van der Waals surface area (Å²) in [6.07, 6.45) is 13.9. The number of likely N-dealkylation sites (tertiary alicyclic amines) is 1. The summed E-state index contributed by atoms with van der Waals surface area (Å²) >= 11 is 0. The van der Waals surface area contributed by atoms with Crippen LogP contribution < -0.4 is 0 Å². The average molecular weight is 338 g/mol. The second-order valence-electron chi connectivity index (χ2n) is 9.09. The molecule has 24 heavy (non-hydrogen) atoms. The molecule has 0 amide bonds. The van der Waals surface area contributed by atoms with Crippen molar-refractivity contribution < 1.29 is 5.21 Å². The van der Waals surface area contributed by atoms with Crippen molar-refractivity contribution in [2.75, 3.05) is 19.6 Å². The molecular weight excluding hydrogens is 300 g/mol. The third-order valence-electron chi connectivity index (χ3n) is 7.06. The molecule has 0 aromatic rings. The van der Waals surface area contributed by atoms with Gasteiger partial charge in [-0.1, -0.05) is 19.8 Å². The molecule has 0 aromatic carbocycles. The normalized spacial score (nSPS) is 37.0. The molecule has 0 spiro atoms. The molecule has 1 heterocycles. The topological polar surface area (TPSA) is 49.8 Å². The highest BCUT2D eigenvalue weighted by molar-refractivity contribution is 4.82. The fourth-order valence-electron chi connectivity index (χ4n) is 5.57. The van der Waals surface area contributed by atoms with Gasteiger partial charge in [-0.3, -0.25) is 5.23 Å². The van der Waals surface area contributed by atoms with Crippen LogP contribution in [0.4, 0.5) is 0 Å². The lowest BCUT2D eigenvalue weighted by Crippen LogP contribution is -2.39. The van der Waals surface area contributed by atoms with E-state index in [9.17, 15) is 5.21 Å². The molecule has 1 aliphatic heterocycles. The van der Waals surface area contributed by atoms with Gasteiger partial charge in [-0.15, -0.1) is 0 Å². The van der Waals surface area contributed by atoms with Crippen LogP contribution in [0.3, 0.4) is 0 Å². The Labute approximate surface area is 148 Å². The van der Waals surface area contributed by atoms with Crippen molar-refractivity contribution in [3.8, 4) is 0 Å². The molecule has 2 saturated carbocycles. The van der Waals surface area contributed by atoms with Crippen molar-refractivity contribution in [2.24, 2.45) is 23.7 Å². The minimum Gasteiger partial charge on any atom is -0.762 e. The van der Waals surface area contributed by atoms with E-state index in [1.165, 1.54) is 64.6 Å². The lowest BCUT2D eigenvalue weighted by molar-refractivity contribution is -0.0923. The second kappa shape index (κ2) is 8.98. The highest BCUT2D eigenvalue weighted by Crippen LogP contribution is 2.35. The zero-order valence-electron chi connectivity index (χ0n) is 15.5. The Morgan fingerprint density at radius 3 is 2.21 bits per heavy atom. The van der Waals surface area contributed by atoms with E-state index in [0.717, 1.165) is 49.4 Å². The van der Waals surface area contributed by atoms with E-state index < -0.39 is 0 Å². The molecule has 2 atom stereocenters. The first-order valence-corrected chi connectivity index (χ1v) is 10.5. The van der Waals surface area contributed by atoms with Crippen molar-refractivity contribution in [1.29, 1.82) is 0 Å². The molecule has 0 bridgehead atoms. The number of hydrogen-bond donors (Lipinski definition) is 1. The first kappa shape index (κ1) is 18.6. The predicted octanol–water partition coefficient (Wildman–Crippen LogP) is 4.66. The van der Waals surface area contributed by atoms with Gasteiger partial charge in [0.25, 0.3) is 0 Å². The molecule has 2 aliphatic carbocycles. The van der Waals surface area contributed by atoms with Crippen molar-refractivity contribution >= 4 is 0 Å². The molecule has 1 N–H and O–H groups in total. The van der Waals surface area contributed by atoms with E-state index in [4.69, 9.17) is 5.21 Å². The van der Waals surface area contributed by atoms with Gasteiger partial charge in [0.05, 0.1) is 0 Å². The summed E-state index contributed by atoms with van der Waals surface area (Å²) in [5, 5.41) is 20.2. The maximum atomic E-state index is 11.0. The van der Waals surface area contributed by atoms with Crippen molar-refractivity contribution in [3.63, 3.8) is 0 Å². The average Bonchev–Trinajstić information content (AvgIpc) is 2.57. The molecule has 4 nitrogen and oxygen atoms in total. The molecule has 3 fully saturated rings. The Balaban J connectivity index is 1.32. The molecule has 4 heteroatoms. The summed E-state index contributed by atoms with van der Waals surface area (Å²) in [6.45, 7) is 6.37. The molecular formula is C20H37N2O2-. The molecule has 0 aromatic heterocycles. The summed E-state index contributed by atoms with van der Waals surface area (Å²) in [4.78, 5) is 2.73. The van der Waals surface area contributed by atoms with E-state index >= 15 is 0 Å². The second-order valence-corrected chi connectivity index (χ2v) is 9.09. The van der Waals surface area contributed by atoms with Gasteiger partial charge >= 0.3 is 0 Å². The van der Waals surface area contributed by atoms with E-state index in [0.29, 0.717) is 0 Å². The third-order valence-corrected chi connectivity index (χ3v) is 7.06. The van der Waals surface area contributed by atoms with Crippen LogP contribution in [0, 0.1) is 28.9 Å². The van der Waals surface area contributed by atoms with E-state index in [2.05, 4.69) is 11.8 Å². The van der Waals surface area contributed by atoms with Crippen molar-refractivity contribution in [3.05, 3.63) is 5.21 Å². The Bertz CT molecular complexity index is 361. The lowest BCUT2D eigenvalue weighted by atomic mass is 9.78. The van der Waals surface area contributed by atoms with Gasteiger partial charge in [-0.2, -0.15) is 0 Å². The number of hydroxylamine groups is 2. The lowest BCUT2D eigenvalue weighted by Gasteiger charge is -2.39. The number of piperidine rings is 1. The molecule has 3 rings (SSSR count). The van der Waals surface area contributed by atoms with Crippen LogP contribution in [0.15, 0.2) is 0 Å².